The highest BCUT2D eigenvalue weighted by Crippen LogP contribution is 2.06. The van der Waals surface area contributed by atoms with E-state index in [9.17, 15) is 4.79 Å². The molecule has 1 rings (SSSR count). The summed E-state index contributed by atoms with van der Waals surface area (Å²) in [6.45, 7) is 0. The Hall–Kier alpha value is -1.34. The minimum absolute atomic E-state index is 0.397. The van der Waals surface area contributed by atoms with Crippen molar-refractivity contribution in [3.05, 3.63) is 29.6 Å². The molecular formula is C10H8BrNO2. The maximum absolute atomic E-state index is 11.3. The van der Waals surface area contributed by atoms with Gasteiger partial charge in [-0.2, -0.15) is 0 Å². The number of halogens is 1. The second-order valence-corrected chi connectivity index (χ2v) is 2.91. The van der Waals surface area contributed by atoms with E-state index in [1.165, 1.54) is 13.3 Å². The van der Waals surface area contributed by atoms with Gasteiger partial charge in [-0.1, -0.05) is 27.8 Å². The molecule has 14 heavy (non-hydrogen) atoms. The van der Waals surface area contributed by atoms with Gasteiger partial charge in [-0.15, -0.1) is 0 Å². The third-order valence-corrected chi connectivity index (χ3v) is 1.80. The number of ether oxygens (including phenoxy) is 1. The van der Waals surface area contributed by atoms with Gasteiger partial charge in [0.15, 0.2) is 0 Å². The molecule has 0 bridgehead atoms. The molecule has 4 heteroatoms. The molecule has 0 saturated carbocycles. The number of esters is 1. The molecule has 0 unspecified atom stereocenters. The minimum atomic E-state index is -0.397. The van der Waals surface area contributed by atoms with E-state index in [0.717, 1.165) is 0 Å². The van der Waals surface area contributed by atoms with E-state index in [2.05, 4.69) is 37.5 Å². The number of aromatic nitrogens is 1. The first kappa shape index (κ1) is 10.7. The van der Waals surface area contributed by atoms with Crippen molar-refractivity contribution in [3.8, 4) is 11.8 Å². The summed E-state index contributed by atoms with van der Waals surface area (Å²) in [5.74, 6) is 5.22. The highest BCUT2D eigenvalue weighted by Gasteiger charge is 2.08. The van der Waals surface area contributed by atoms with Gasteiger partial charge in [0.05, 0.1) is 23.6 Å². The van der Waals surface area contributed by atoms with Gasteiger partial charge in [0, 0.05) is 12.4 Å². The van der Waals surface area contributed by atoms with E-state index in [-0.39, 0.29) is 0 Å². The first-order valence-electron chi connectivity index (χ1n) is 3.86. The molecule has 3 nitrogen and oxygen atoms in total. The molecule has 1 aromatic rings. The molecular weight excluding hydrogens is 246 g/mol. The van der Waals surface area contributed by atoms with Crippen LogP contribution in [0.5, 0.6) is 0 Å². The summed E-state index contributed by atoms with van der Waals surface area (Å²) < 4.78 is 4.61. The molecule has 1 aromatic heterocycles. The largest absolute Gasteiger partial charge is 0.465 e. The van der Waals surface area contributed by atoms with Gasteiger partial charge in [-0.05, 0) is 6.07 Å². The summed E-state index contributed by atoms with van der Waals surface area (Å²) >= 11 is 3.18. The fourth-order valence-corrected chi connectivity index (χ4v) is 1.05. The number of hydrogen-bond acceptors (Lipinski definition) is 3. The molecule has 0 N–H and O–H groups in total. The Balaban J connectivity index is 3.09. The Kier molecular flexibility index (Phi) is 4.14. The molecule has 0 aromatic carbocycles. The van der Waals surface area contributed by atoms with Crippen LogP contribution in [0.2, 0.25) is 0 Å². The first-order chi connectivity index (χ1) is 6.79. The van der Waals surface area contributed by atoms with Crippen molar-refractivity contribution >= 4 is 21.9 Å². The molecule has 1 heterocycles. The minimum Gasteiger partial charge on any atom is -0.465 e. The Morgan fingerprint density at radius 1 is 1.71 bits per heavy atom. The van der Waals surface area contributed by atoms with Gasteiger partial charge < -0.3 is 4.74 Å². The van der Waals surface area contributed by atoms with Gasteiger partial charge in [0.25, 0.3) is 0 Å². The fraction of sp³-hybridized carbons (Fsp3) is 0.200. The van der Waals surface area contributed by atoms with E-state index in [4.69, 9.17) is 0 Å². The molecule has 72 valence electrons. The lowest BCUT2D eigenvalue weighted by atomic mass is 10.1. The smallest absolute Gasteiger partial charge is 0.339 e. The molecule has 0 aliphatic carbocycles. The van der Waals surface area contributed by atoms with Crippen LogP contribution in [-0.2, 0) is 4.74 Å². The van der Waals surface area contributed by atoms with Crippen LogP contribution < -0.4 is 0 Å². The summed E-state index contributed by atoms with van der Waals surface area (Å²) in [6, 6.07) is 1.59. The summed E-state index contributed by atoms with van der Waals surface area (Å²) in [4.78, 5) is 15.2. The average molecular weight is 254 g/mol. The van der Waals surface area contributed by atoms with Gasteiger partial charge in [0.1, 0.15) is 0 Å². The molecule has 0 atom stereocenters. The predicted molar refractivity (Wildman–Crippen MR) is 56.2 cm³/mol. The Morgan fingerprint density at radius 2 is 2.50 bits per heavy atom. The highest BCUT2D eigenvalue weighted by atomic mass is 79.9. The van der Waals surface area contributed by atoms with Crippen LogP contribution in [0, 0.1) is 11.8 Å². The van der Waals surface area contributed by atoms with Crippen LogP contribution >= 0.6 is 15.9 Å². The van der Waals surface area contributed by atoms with Crippen molar-refractivity contribution in [2.24, 2.45) is 0 Å². The van der Waals surface area contributed by atoms with Gasteiger partial charge in [-0.25, -0.2) is 4.79 Å². The first-order valence-corrected chi connectivity index (χ1v) is 4.99. The molecule has 0 amide bonds. The zero-order valence-electron chi connectivity index (χ0n) is 7.58. The van der Waals surface area contributed by atoms with Crippen molar-refractivity contribution < 1.29 is 9.53 Å². The summed E-state index contributed by atoms with van der Waals surface area (Å²) in [5, 5.41) is 0.558. The number of carbonyl (C=O) groups excluding carboxylic acids is 1. The maximum atomic E-state index is 11.3. The van der Waals surface area contributed by atoms with Crippen molar-refractivity contribution in [2.75, 3.05) is 12.4 Å². The van der Waals surface area contributed by atoms with Crippen molar-refractivity contribution in [1.29, 1.82) is 0 Å². The number of carbonyl (C=O) groups is 1. The number of alkyl halides is 1. The second-order valence-electron chi connectivity index (χ2n) is 2.35. The zero-order chi connectivity index (χ0) is 10.4. The molecule has 0 saturated heterocycles. The number of nitrogens with zero attached hydrogens (tertiary/aromatic N) is 1. The number of rotatable bonds is 1. The van der Waals surface area contributed by atoms with Crippen LogP contribution in [0.4, 0.5) is 0 Å². The Labute approximate surface area is 90.6 Å². The van der Waals surface area contributed by atoms with Gasteiger partial charge >= 0.3 is 5.97 Å². The third kappa shape index (κ3) is 2.57. The maximum Gasteiger partial charge on any atom is 0.339 e. The van der Waals surface area contributed by atoms with Crippen molar-refractivity contribution in [3.63, 3.8) is 0 Å². The summed E-state index contributed by atoms with van der Waals surface area (Å²) in [6.07, 6.45) is 3.08. The molecule has 0 spiro atoms. The fourth-order valence-electron chi connectivity index (χ4n) is 0.911. The van der Waals surface area contributed by atoms with E-state index >= 15 is 0 Å². The highest BCUT2D eigenvalue weighted by molar-refractivity contribution is 9.09. The van der Waals surface area contributed by atoms with Crippen molar-refractivity contribution in [1.82, 2.24) is 4.98 Å². The monoisotopic (exact) mass is 253 g/mol. The SMILES string of the molecule is COC(=O)c1ccncc1C#CCBr. The van der Waals surface area contributed by atoms with Crippen LogP contribution in [0.15, 0.2) is 18.5 Å². The van der Waals surface area contributed by atoms with E-state index in [1.54, 1.807) is 12.3 Å². The average Bonchev–Trinajstić information content (AvgIpc) is 2.25. The van der Waals surface area contributed by atoms with Crippen LogP contribution in [0.3, 0.4) is 0 Å². The number of methoxy groups -OCH3 is 1. The Bertz CT molecular complexity index is 393. The molecule has 0 aliphatic rings. The van der Waals surface area contributed by atoms with Crippen LogP contribution in [0.25, 0.3) is 0 Å². The quantitative estimate of drug-likeness (QED) is 0.434. The normalized spacial score (nSPS) is 8.71. The second kappa shape index (κ2) is 5.40. The third-order valence-electron chi connectivity index (χ3n) is 1.52. The topological polar surface area (TPSA) is 39.2 Å². The zero-order valence-corrected chi connectivity index (χ0v) is 9.17. The molecule has 0 aliphatic heterocycles. The Morgan fingerprint density at radius 3 is 3.14 bits per heavy atom. The number of hydrogen-bond donors (Lipinski definition) is 0. The molecule has 0 fully saturated rings. The summed E-state index contributed by atoms with van der Waals surface area (Å²) in [7, 11) is 1.34. The molecule has 0 radical (unpaired) electrons. The van der Waals surface area contributed by atoms with E-state index in [1.807, 2.05) is 0 Å². The number of pyridine rings is 1. The standard InChI is InChI=1S/C10H8BrNO2/c1-14-10(13)9-4-6-12-7-8(9)3-2-5-11/h4,6-7H,5H2,1H3. The van der Waals surface area contributed by atoms with Gasteiger partial charge in [0.2, 0.25) is 0 Å². The van der Waals surface area contributed by atoms with Gasteiger partial charge in [-0.3, -0.25) is 4.98 Å². The van der Waals surface area contributed by atoms with Crippen molar-refractivity contribution in [2.45, 2.75) is 0 Å². The van der Waals surface area contributed by atoms with E-state index < -0.39 is 5.97 Å². The van der Waals surface area contributed by atoms with Crippen LogP contribution in [0.1, 0.15) is 15.9 Å². The summed E-state index contributed by atoms with van der Waals surface area (Å²) in [5.41, 5.74) is 1.02. The van der Waals surface area contributed by atoms with Crippen LogP contribution in [-0.4, -0.2) is 23.4 Å². The predicted octanol–water partition coefficient (Wildman–Crippen LogP) is 1.61. The van der Waals surface area contributed by atoms with E-state index in [0.29, 0.717) is 16.5 Å². The lowest BCUT2D eigenvalue weighted by molar-refractivity contribution is 0.0600. The lowest BCUT2D eigenvalue weighted by Crippen LogP contribution is -2.04. The lowest BCUT2D eigenvalue weighted by Gasteiger charge is -2.00.